The largest absolute Gasteiger partial charge is 0.496 e. The monoisotopic (exact) mass is 383 g/mol. The number of aromatic nitrogens is 2. The average molecular weight is 385 g/mol. The molecule has 5 nitrogen and oxygen atoms in total. The van der Waals surface area contributed by atoms with E-state index in [1.165, 1.54) is 0 Å². The highest BCUT2D eigenvalue weighted by Gasteiger charge is 2.32. The van der Waals surface area contributed by atoms with Gasteiger partial charge in [0.25, 0.3) is 5.91 Å². The van der Waals surface area contributed by atoms with Crippen molar-refractivity contribution in [3.63, 3.8) is 0 Å². The van der Waals surface area contributed by atoms with Crippen LogP contribution in [-0.2, 0) is 6.54 Å². The molecule has 1 aromatic carbocycles. The van der Waals surface area contributed by atoms with Crippen molar-refractivity contribution in [2.24, 2.45) is 5.92 Å². The summed E-state index contributed by atoms with van der Waals surface area (Å²) in [5.41, 5.74) is 0.510. The zero-order valence-electron chi connectivity index (χ0n) is 12.0. The molecule has 1 aliphatic heterocycles. The fourth-order valence-electron chi connectivity index (χ4n) is 2.57. The van der Waals surface area contributed by atoms with Crippen LogP contribution in [0.3, 0.4) is 0 Å². The van der Waals surface area contributed by atoms with Gasteiger partial charge in [0, 0.05) is 36.8 Å². The van der Waals surface area contributed by atoms with Crippen molar-refractivity contribution < 1.29 is 9.53 Å². The lowest BCUT2D eigenvalue weighted by atomic mass is 9.98. The Bertz CT molecular complexity index is 698. The van der Waals surface area contributed by atoms with E-state index in [0.717, 1.165) is 11.0 Å². The highest BCUT2D eigenvalue weighted by Crippen LogP contribution is 2.27. The van der Waals surface area contributed by atoms with E-state index in [1.807, 2.05) is 10.9 Å². The molecule has 0 N–H and O–H groups in total. The molecule has 22 heavy (non-hydrogen) atoms. The number of benzene rings is 1. The van der Waals surface area contributed by atoms with Crippen molar-refractivity contribution in [3.05, 3.63) is 45.7 Å². The van der Waals surface area contributed by atoms with Gasteiger partial charge < -0.3 is 9.64 Å². The summed E-state index contributed by atoms with van der Waals surface area (Å²) in [5.74, 6) is 0.923. The SMILES string of the molecule is COc1ccc(Cl)cc1C(=O)N1CC(Cn2cc(Br)cn2)C1. The van der Waals surface area contributed by atoms with Crippen LogP contribution in [0.25, 0.3) is 0 Å². The third-order valence-electron chi connectivity index (χ3n) is 3.68. The number of carbonyl (C=O) groups is 1. The van der Waals surface area contributed by atoms with Crippen LogP contribution in [0.1, 0.15) is 10.4 Å². The van der Waals surface area contributed by atoms with Crippen LogP contribution in [0.4, 0.5) is 0 Å². The molecule has 0 unspecified atom stereocenters. The first-order valence-electron chi connectivity index (χ1n) is 6.87. The van der Waals surface area contributed by atoms with Gasteiger partial charge in [0.05, 0.1) is 23.3 Å². The minimum absolute atomic E-state index is 0.0442. The van der Waals surface area contributed by atoms with Crippen LogP contribution >= 0.6 is 27.5 Å². The number of rotatable bonds is 4. The molecule has 0 saturated carbocycles. The molecule has 2 aromatic rings. The van der Waals surface area contributed by atoms with Crippen LogP contribution in [0.15, 0.2) is 35.1 Å². The summed E-state index contributed by atoms with van der Waals surface area (Å²) >= 11 is 9.36. The predicted octanol–water partition coefficient (Wildman–Crippen LogP) is 3.08. The topological polar surface area (TPSA) is 47.4 Å². The third-order valence-corrected chi connectivity index (χ3v) is 4.33. The fourth-order valence-corrected chi connectivity index (χ4v) is 3.07. The lowest BCUT2D eigenvalue weighted by Crippen LogP contribution is -2.51. The Kier molecular flexibility index (Phi) is 4.40. The van der Waals surface area contributed by atoms with Crippen molar-refractivity contribution in [1.29, 1.82) is 0 Å². The van der Waals surface area contributed by atoms with Crippen LogP contribution in [0.5, 0.6) is 5.75 Å². The molecular formula is C15H15BrClN3O2. The summed E-state index contributed by atoms with van der Waals surface area (Å²) in [5, 5.41) is 4.76. The van der Waals surface area contributed by atoms with Crippen LogP contribution in [-0.4, -0.2) is 40.8 Å². The third kappa shape index (κ3) is 3.13. The Morgan fingerprint density at radius 1 is 1.50 bits per heavy atom. The first kappa shape index (κ1) is 15.4. The average Bonchev–Trinajstić information content (AvgIpc) is 2.87. The smallest absolute Gasteiger partial charge is 0.257 e. The molecule has 1 aliphatic rings. The van der Waals surface area contributed by atoms with E-state index >= 15 is 0 Å². The van der Waals surface area contributed by atoms with Crippen molar-refractivity contribution in [2.75, 3.05) is 20.2 Å². The van der Waals surface area contributed by atoms with E-state index in [9.17, 15) is 4.79 Å². The molecule has 0 bridgehead atoms. The number of hydrogen-bond donors (Lipinski definition) is 0. The Morgan fingerprint density at radius 3 is 2.91 bits per heavy atom. The number of halogens is 2. The molecule has 1 fully saturated rings. The standard InChI is InChI=1S/C15H15BrClN3O2/c1-22-14-3-2-12(17)4-13(14)15(21)19-6-10(7-19)8-20-9-11(16)5-18-20/h2-5,9-10H,6-8H2,1H3. The molecule has 7 heteroatoms. The number of likely N-dealkylation sites (tertiary alicyclic amines) is 1. The van der Waals surface area contributed by atoms with Gasteiger partial charge in [0.1, 0.15) is 5.75 Å². The van der Waals surface area contributed by atoms with E-state index in [1.54, 1.807) is 36.4 Å². The number of hydrogen-bond acceptors (Lipinski definition) is 3. The van der Waals surface area contributed by atoms with E-state index < -0.39 is 0 Å². The van der Waals surface area contributed by atoms with E-state index in [2.05, 4.69) is 21.0 Å². The molecule has 0 spiro atoms. The summed E-state index contributed by atoms with van der Waals surface area (Å²) in [4.78, 5) is 14.3. The molecule has 116 valence electrons. The van der Waals surface area contributed by atoms with Gasteiger partial charge in [-0.25, -0.2) is 0 Å². The summed E-state index contributed by atoms with van der Waals surface area (Å²) in [6, 6.07) is 5.08. The quantitative estimate of drug-likeness (QED) is 0.814. The fraction of sp³-hybridized carbons (Fsp3) is 0.333. The second kappa shape index (κ2) is 6.30. The molecule has 0 radical (unpaired) electrons. The summed E-state index contributed by atoms with van der Waals surface area (Å²) in [7, 11) is 1.55. The highest BCUT2D eigenvalue weighted by atomic mass is 79.9. The van der Waals surface area contributed by atoms with E-state index in [4.69, 9.17) is 16.3 Å². The van der Waals surface area contributed by atoms with Gasteiger partial charge in [0.2, 0.25) is 0 Å². The maximum Gasteiger partial charge on any atom is 0.257 e. The molecule has 1 aromatic heterocycles. The van der Waals surface area contributed by atoms with E-state index in [-0.39, 0.29) is 5.91 Å². The minimum atomic E-state index is -0.0442. The van der Waals surface area contributed by atoms with Gasteiger partial charge in [-0.15, -0.1) is 0 Å². The van der Waals surface area contributed by atoms with Gasteiger partial charge in [0.15, 0.2) is 0 Å². The molecular weight excluding hydrogens is 370 g/mol. The highest BCUT2D eigenvalue weighted by molar-refractivity contribution is 9.10. The lowest BCUT2D eigenvalue weighted by molar-refractivity contribution is 0.0458. The Morgan fingerprint density at radius 2 is 2.27 bits per heavy atom. The van der Waals surface area contributed by atoms with Crippen LogP contribution in [0.2, 0.25) is 5.02 Å². The number of nitrogens with zero attached hydrogens (tertiary/aromatic N) is 3. The first-order valence-corrected chi connectivity index (χ1v) is 8.04. The second-order valence-corrected chi connectivity index (χ2v) is 6.65. The van der Waals surface area contributed by atoms with Gasteiger partial charge in [-0.05, 0) is 34.1 Å². The summed E-state index contributed by atoms with van der Waals surface area (Å²) in [6.07, 6.45) is 3.70. The van der Waals surface area contributed by atoms with Gasteiger partial charge in [-0.2, -0.15) is 5.10 Å². The summed E-state index contributed by atoms with van der Waals surface area (Å²) < 4.78 is 8.09. The Labute approximate surface area is 141 Å². The number of carbonyl (C=O) groups excluding carboxylic acids is 1. The second-order valence-electron chi connectivity index (χ2n) is 5.30. The maximum absolute atomic E-state index is 12.5. The maximum atomic E-state index is 12.5. The van der Waals surface area contributed by atoms with Gasteiger partial charge in [-0.1, -0.05) is 11.6 Å². The summed E-state index contributed by atoms with van der Waals surface area (Å²) in [6.45, 7) is 2.24. The molecule has 0 aliphatic carbocycles. The number of methoxy groups -OCH3 is 1. The zero-order chi connectivity index (χ0) is 15.7. The lowest BCUT2D eigenvalue weighted by Gasteiger charge is -2.39. The number of amides is 1. The van der Waals surface area contributed by atoms with E-state index in [0.29, 0.717) is 35.3 Å². The normalized spacial score (nSPS) is 14.8. The van der Waals surface area contributed by atoms with Crippen molar-refractivity contribution in [2.45, 2.75) is 6.54 Å². The van der Waals surface area contributed by atoms with Crippen LogP contribution in [0, 0.1) is 5.92 Å². The van der Waals surface area contributed by atoms with Crippen LogP contribution < -0.4 is 4.74 Å². The Hall–Kier alpha value is -1.53. The first-order chi connectivity index (χ1) is 10.6. The molecule has 0 atom stereocenters. The van der Waals surface area contributed by atoms with Crippen molar-refractivity contribution in [3.8, 4) is 5.75 Å². The minimum Gasteiger partial charge on any atom is -0.496 e. The Balaban J connectivity index is 1.63. The zero-order valence-corrected chi connectivity index (χ0v) is 14.3. The molecule has 2 heterocycles. The number of ether oxygens (including phenoxy) is 1. The van der Waals surface area contributed by atoms with Gasteiger partial charge in [-0.3, -0.25) is 9.48 Å². The van der Waals surface area contributed by atoms with Crippen molar-refractivity contribution >= 4 is 33.4 Å². The predicted molar refractivity (Wildman–Crippen MR) is 87.3 cm³/mol. The molecule has 1 amide bonds. The molecule has 1 saturated heterocycles. The van der Waals surface area contributed by atoms with Gasteiger partial charge >= 0.3 is 0 Å². The van der Waals surface area contributed by atoms with Crippen molar-refractivity contribution in [1.82, 2.24) is 14.7 Å². The molecule has 3 rings (SSSR count).